The molecule has 0 aliphatic carbocycles. The fraction of sp³-hybridized carbons (Fsp3) is 0.0417. The maximum absolute atomic E-state index is 12.7. The standard InChI is InChI=1S/C24H20N2O4S/c27-24(26-21-13-11-19(12-14-21)18-6-2-1-3-7-18)20-8-4-10-23(16-20)31(28,29)25-17-22-9-5-15-30-22/h1-16,25H,17H2,(H,26,27). The predicted molar refractivity (Wildman–Crippen MR) is 119 cm³/mol. The quantitative estimate of drug-likeness (QED) is 0.444. The average molecular weight is 433 g/mol. The van der Waals surface area contributed by atoms with Crippen molar-refractivity contribution in [3.05, 3.63) is 109 Å². The third-order valence-corrected chi connectivity index (χ3v) is 6.07. The van der Waals surface area contributed by atoms with Gasteiger partial charge < -0.3 is 9.73 Å². The lowest BCUT2D eigenvalue weighted by Gasteiger charge is -2.09. The molecule has 0 fully saturated rings. The lowest BCUT2D eigenvalue weighted by molar-refractivity contribution is 0.102. The number of furan rings is 1. The molecule has 0 atom stereocenters. The van der Waals surface area contributed by atoms with Gasteiger partial charge in [0.1, 0.15) is 5.76 Å². The molecule has 0 spiro atoms. The highest BCUT2D eigenvalue weighted by Gasteiger charge is 2.17. The number of amides is 1. The molecule has 156 valence electrons. The van der Waals surface area contributed by atoms with Crippen LogP contribution in [0.15, 0.2) is 107 Å². The van der Waals surface area contributed by atoms with Gasteiger partial charge in [-0.3, -0.25) is 4.79 Å². The number of sulfonamides is 1. The lowest BCUT2D eigenvalue weighted by atomic mass is 10.1. The number of anilines is 1. The van der Waals surface area contributed by atoms with E-state index in [1.807, 2.05) is 54.6 Å². The van der Waals surface area contributed by atoms with E-state index in [4.69, 9.17) is 4.42 Å². The number of carbonyl (C=O) groups excluding carboxylic acids is 1. The Balaban J connectivity index is 1.45. The molecule has 6 nitrogen and oxygen atoms in total. The van der Waals surface area contributed by atoms with E-state index in [9.17, 15) is 13.2 Å². The summed E-state index contributed by atoms with van der Waals surface area (Å²) in [7, 11) is -3.79. The van der Waals surface area contributed by atoms with Gasteiger partial charge in [-0.25, -0.2) is 13.1 Å². The van der Waals surface area contributed by atoms with Crippen LogP contribution in [0.3, 0.4) is 0 Å². The zero-order valence-corrected chi connectivity index (χ0v) is 17.3. The molecular weight excluding hydrogens is 412 g/mol. The number of hydrogen-bond donors (Lipinski definition) is 2. The zero-order valence-electron chi connectivity index (χ0n) is 16.5. The number of nitrogens with one attached hydrogen (secondary N) is 2. The normalized spacial score (nSPS) is 11.2. The molecule has 4 aromatic rings. The van der Waals surface area contributed by atoms with Gasteiger partial charge in [0.25, 0.3) is 5.91 Å². The van der Waals surface area contributed by atoms with E-state index >= 15 is 0 Å². The Hall–Kier alpha value is -3.68. The summed E-state index contributed by atoms with van der Waals surface area (Å²) < 4.78 is 32.7. The third-order valence-electron chi connectivity index (χ3n) is 4.67. The van der Waals surface area contributed by atoms with E-state index in [1.165, 1.54) is 24.5 Å². The van der Waals surface area contributed by atoms with Crippen molar-refractivity contribution < 1.29 is 17.6 Å². The molecule has 1 aromatic heterocycles. The van der Waals surface area contributed by atoms with Crippen molar-refractivity contribution in [2.45, 2.75) is 11.4 Å². The first kappa shape index (κ1) is 20.6. The minimum absolute atomic E-state index is 0.00568. The van der Waals surface area contributed by atoms with Crippen LogP contribution in [-0.2, 0) is 16.6 Å². The van der Waals surface area contributed by atoms with Gasteiger partial charge in [0.15, 0.2) is 0 Å². The molecule has 0 unspecified atom stereocenters. The van der Waals surface area contributed by atoms with Crippen molar-refractivity contribution in [3.63, 3.8) is 0 Å². The summed E-state index contributed by atoms with van der Waals surface area (Å²) in [5, 5.41) is 2.80. The van der Waals surface area contributed by atoms with E-state index in [0.717, 1.165) is 11.1 Å². The molecule has 31 heavy (non-hydrogen) atoms. The molecule has 0 saturated carbocycles. The first-order valence-corrected chi connectivity index (χ1v) is 11.1. The Labute approximate surface area is 180 Å². The van der Waals surface area contributed by atoms with Crippen LogP contribution in [0.4, 0.5) is 5.69 Å². The largest absolute Gasteiger partial charge is 0.468 e. The van der Waals surface area contributed by atoms with Gasteiger partial charge in [0, 0.05) is 11.3 Å². The minimum Gasteiger partial charge on any atom is -0.468 e. The number of rotatable bonds is 7. The summed E-state index contributed by atoms with van der Waals surface area (Å²) in [6, 6.07) is 26.6. The molecule has 1 amide bonds. The van der Waals surface area contributed by atoms with Gasteiger partial charge >= 0.3 is 0 Å². The van der Waals surface area contributed by atoms with Crippen LogP contribution in [-0.4, -0.2) is 14.3 Å². The topological polar surface area (TPSA) is 88.4 Å². The summed E-state index contributed by atoms with van der Waals surface area (Å²) >= 11 is 0. The molecule has 2 N–H and O–H groups in total. The van der Waals surface area contributed by atoms with Crippen molar-refractivity contribution in [2.24, 2.45) is 0 Å². The Bertz CT molecular complexity index is 1270. The van der Waals surface area contributed by atoms with Crippen LogP contribution in [0.1, 0.15) is 16.1 Å². The number of hydrogen-bond acceptors (Lipinski definition) is 4. The first-order chi connectivity index (χ1) is 15.0. The molecule has 7 heteroatoms. The molecule has 0 aliphatic heterocycles. The second-order valence-corrected chi connectivity index (χ2v) is 8.60. The molecule has 3 aromatic carbocycles. The average Bonchev–Trinajstić information content (AvgIpc) is 3.33. The van der Waals surface area contributed by atoms with Gasteiger partial charge in [0.2, 0.25) is 10.0 Å². The zero-order chi connectivity index (χ0) is 21.7. The molecule has 4 rings (SSSR count). The maximum Gasteiger partial charge on any atom is 0.255 e. The Morgan fingerprint density at radius 2 is 1.55 bits per heavy atom. The third kappa shape index (κ3) is 5.09. The van der Waals surface area contributed by atoms with Crippen LogP contribution >= 0.6 is 0 Å². The van der Waals surface area contributed by atoms with Crippen molar-refractivity contribution in [3.8, 4) is 11.1 Å². The van der Waals surface area contributed by atoms with Crippen LogP contribution in [0, 0.1) is 0 Å². The van der Waals surface area contributed by atoms with Gasteiger partial charge in [-0.15, -0.1) is 0 Å². The molecule has 0 aliphatic rings. The number of benzene rings is 3. The van der Waals surface area contributed by atoms with Crippen molar-refractivity contribution in [1.29, 1.82) is 0 Å². The fourth-order valence-corrected chi connectivity index (χ4v) is 4.09. The molecular formula is C24H20N2O4S. The fourth-order valence-electron chi connectivity index (χ4n) is 3.05. The minimum atomic E-state index is -3.79. The molecule has 1 heterocycles. The van der Waals surface area contributed by atoms with E-state index in [0.29, 0.717) is 11.4 Å². The van der Waals surface area contributed by atoms with Crippen LogP contribution in [0.2, 0.25) is 0 Å². The second kappa shape index (κ2) is 8.99. The van der Waals surface area contributed by atoms with Gasteiger partial charge in [-0.05, 0) is 53.6 Å². The smallest absolute Gasteiger partial charge is 0.255 e. The molecule has 0 bridgehead atoms. The Kier molecular flexibility index (Phi) is 5.97. The monoisotopic (exact) mass is 432 g/mol. The van der Waals surface area contributed by atoms with Crippen LogP contribution in [0.25, 0.3) is 11.1 Å². The maximum atomic E-state index is 12.7. The van der Waals surface area contributed by atoms with E-state index < -0.39 is 15.9 Å². The second-order valence-electron chi connectivity index (χ2n) is 6.83. The SMILES string of the molecule is O=C(Nc1ccc(-c2ccccc2)cc1)c1cccc(S(=O)(=O)NCc2ccco2)c1. The van der Waals surface area contributed by atoms with E-state index in [-0.39, 0.29) is 17.0 Å². The highest BCUT2D eigenvalue weighted by molar-refractivity contribution is 7.89. The summed E-state index contributed by atoms with van der Waals surface area (Å²) in [6.45, 7) is 0.0273. The molecule has 0 radical (unpaired) electrons. The summed E-state index contributed by atoms with van der Waals surface area (Å²) in [6.07, 6.45) is 1.47. The predicted octanol–water partition coefficient (Wildman–Crippen LogP) is 4.68. The summed E-state index contributed by atoms with van der Waals surface area (Å²) in [5.74, 6) is 0.104. The van der Waals surface area contributed by atoms with Crippen molar-refractivity contribution in [2.75, 3.05) is 5.32 Å². The van der Waals surface area contributed by atoms with Gasteiger partial charge in [-0.2, -0.15) is 0 Å². The van der Waals surface area contributed by atoms with Crippen molar-refractivity contribution >= 4 is 21.6 Å². The first-order valence-electron chi connectivity index (χ1n) is 9.60. The van der Waals surface area contributed by atoms with Crippen molar-refractivity contribution in [1.82, 2.24) is 4.72 Å². The highest BCUT2D eigenvalue weighted by Crippen LogP contribution is 2.21. The number of carbonyl (C=O) groups is 1. The highest BCUT2D eigenvalue weighted by atomic mass is 32.2. The molecule has 0 saturated heterocycles. The van der Waals surface area contributed by atoms with Gasteiger partial charge in [-0.1, -0.05) is 48.5 Å². The lowest BCUT2D eigenvalue weighted by Crippen LogP contribution is -2.23. The summed E-state index contributed by atoms with van der Waals surface area (Å²) in [4.78, 5) is 12.7. The summed E-state index contributed by atoms with van der Waals surface area (Å²) in [5.41, 5.74) is 2.98. The van der Waals surface area contributed by atoms with E-state index in [2.05, 4.69) is 10.0 Å². The van der Waals surface area contributed by atoms with E-state index in [1.54, 1.807) is 18.2 Å². The van der Waals surface area contributed by atoms with Crippen LogP contribution < -0.4 is 10.0 Å². The Morgan fingerprint density at radius 1 is 0.806 bits per heavy atom. The van der Waals surface area contributed by atoms with Crippen LogP contribution in [0.5, 0.6) is 0 Å². The van der Waals surface area contributed by atoms with Gasteiger partial charge in [0.05, 0.1) is 17.7 Å². The Morgan fingerprint density at radius 3 is 2.26 bits per heavy atom.